The van der Waals surface area contributed by atoms with Crippen LogP contribution in [0, 0.1) is 0 Å². The van der Waals surface area contributed by atoms with Gasteiger partial charge in [0.2, 0.25) is 0 Å². The molecule has 0 unspecified atom stereocenters. The van der Waals surface area contributed by atoms with Gasteiger partial charge in [-0.2, -0.15) is 0 Å². The van der Waals surface area contributed by atoms with E-state index in [2.05, 4.69) is 334 Å². The lowest BCUT2D eigenvalue weighted by Gasteiger charge is -2.45. The first kappa shape index (κ1) is 53.1. The van der Waals surface area contributed by atoms with E-state index in [1.807, 2.05) is 0 Å². The molecule has 14 aromatic carbocycles. The highest BCUT2D eigenvalue weighted by Crippen LogP contribution is 2.53. The topological polar surface area (TPSA) is 39.2 Å². The molecule has 0 radical (unpaired) electrons. The molecule has 7 heteroatoms. The van der Waals surface area contributed by atoms with Gasteiger partial charge in [-0.25, -0.2) is 0 Å². The highest BCUT2D eigenvalue weighted by Gasteiger charge is 2.46. The Hall–Kier alpha value is -11.0. The molecule has 434 valence electrons. The lowest BCUT2D eigenvalue weighted by molar-refractivity contribution is 0.590. The fourth-order valence-electron chi connectivity index (χ4n) is 15.1. The summed E-state index contributed by atoms with van der Waals surface area (Å²) in [5, 5.41) is 11.7. The Labute approximate surface area is 529 Å². The van der Waals surface area contributed by atoms with E-state index in [9.17, 15) is 0 Å². The zero-order valence-corrected chi connectivity index (χ0v) is 51.7. The van der Waals surface area contributed by atoms with Gasteiger partial charge in [0.1, 0.15) is 22.3 Å². The first-order valence-electron chi connectivity index (χ1n) is 31.8. The van der Waals surface area contributed by atoms with Gasteiger partial charge in [0, 0.05) is 72.7 Å². The minimum atomic E-state index is -0.218. The van der Waals surface area contributed by atoms with Gasteiger partial charge >= 0.3 is 0 Å². The van der Waals surface area contributed by atoms with Crippen molar-refractivity contribution in [1.29, 1.82) is 0 Å². The van der Waals surface area contributed by atoms with Gasteiger partial charge in [-0.05, 0) is 181 Å². The van der Waals surface area contributed by atoms with Crippen LogP contribution in [-0.2, 0) is 10.8 Å². The fraction of sp³-hybridized carbons (Fsp3) is 0.0952. The summed E-state index contributed by atoms with van der Waals surface area (Å²) in [6.45, 7) is 13.6. The number of furan rings is 2. The predicted octanol–water partition coefficient (Wildman–Crippen LogP) is 22.0. The quantitative estimate of drug-likeness (QED) is 0.112. The molecule has 16 aromatic rings. The van der Waals surface area contributed by atoms with Gasteiger partial charge < -0.3 is 28.4 Å². The van der Waals surface area contributed by atoms with Crippen molar-refractivity contribution in [1.82, 2.24) is 0 Å². The SMILES string of the molecule is CC(C)(C)c1ccc(N2c3cc(N(c4ccc5oc6ccccc6c5c4)c4ccc5ccc6cccc7ccc4c5c67)ccc3B3c4ccc5oc6ccccc6c5c4N(c4ccc(C(C)(C)C)cc4)c4cc(N(c5ccccc5)c5ccccc5)cc2c43)cc1. The van der Waals surface area contributed by atoms with Gasteiger partial charge in [-0.1, -0.05) is 199 Å². The van der Waals surface area contributed by atoms with Crippen molar-refractivity contribution in [3.8, 4) is 0 Å². The molecule has 0 amide bonds. The number of fused-ring (bicyclic) bond motifs is 11. The van der Waals surface area contributed by atoms with Crippen LogP contribution in [0.15, 0.2) is 282 Å². The van der Waals surface area contributed by atoms with Crippen LogP contribution in [0.2, 0.25) is 0 Å². The third-order valence-corrected chi connectivity index (χ3v) is 19.4. The maximum absolute atomic E-state index is 6.90. The van der Waals surface area contributed by atoms with Gasteiger partial charge in [0.25, 0.3) is 6.71 Å². The van der Waals surface area contributed by atoms with Crippen LogP contribution in [0.1, 0.15) is 52.7 Å². The van der Waals surface area contributed by atoms with E-state index in [0.29, 0.717) is 0 Å². The number of nitrogens with zero attached hydrogens (tertiary/aromatic N) is 4. The molecule has 4 heterocycles. The molecule has 0 aliphatic carbocycles. The molecule has 0 fully saturated rings. The number of rotatable bonds is 8. The molecule has 0 bridgehead atoms. The van der Waals surface area contributed by atoms with E-state index >= 15 is 0 Å². The van der Waals surface area contributed by atoms with Crippen LogP contribution in [0.25, 0.3) is 76.2 Å². The highest BCUT2D eigenvalue weighted by molar-refractivity contribution is 7.00. The van der Waals surface area contributed by atoms with Crippen LogP contribution in [0.3, 0.4) is 0 Å². The zero-order valence-electron chi connectivity index (χ0n) is 51.7. The van der Waals surface area contributed by atoms with E-state index in [1.54, 1.807) is 0 Å². The Morgan fingerprint density at radius 2 is 0.824 bits per heavy atom. The summed E-state index contributed by atoms with van der Waals surface area (Å²) in [7, 11) is 0. The summed E-state index contributed by atoms with van der Waals surface area (Å²) in [5.74, 6) is 0. The number of hydrogen-bond acceptors (Lipinski definition) is 6. The molecule has 2 aliphatic rings. The molecule has 6 nitrogen and oxygen atoms in total. The summed E-state index contributed by atoms with van der Waals surface area (Å²) in [5.41, 5.74) is 22.4. The van der Waals surface area contributed by atoms with Crippen LogP contribution in [0.4, 0.5) is 68.2 Å². The maximum Gasteiger partial charge on any atom is 0.252 e. The van der Waals surface area contributed by atoms with Crippen LogP contribution < -0.4 is 36.0 Å². The molecule has 2 aromatic heterocycles. The second kappa shape index (κ2) is 19.7. The zero-order chi connectivity index (χ0) is 61.0. The molecular weight excluding hydrogens is 1110 g/mol. The van der Waals surface area contributed by atoms with Crippen molar-refractivity contribution in [2.24, 2.45) is 0 Å². The Kier molecular flexibility index (Phi) is 11.5. The van der Waals surface area contributed by atoms with Gasteiger partial charge in [0.15, 0.2) is 0 Å². The Morgan fingerprint density at radius 3 is 1.49 bits per heavy atom. The first-order valence-corrected chi connectivity index (χ1v) is 31.8. The van der Waals surface area contributed by atoms with Crippen LogP contribution >= 0.6 is 0 Å². The molecular formula is C84H63BN4O2. The van der Waals surface area contributed by atoms with E-state index in [4.69, 9.17) is 8.83 Å². The van der Waals surface area contributed by atoms with Crippen molar-refractivity contribution in [3.05, 3.63) is 284 Å². The summed E-state index contributed by atoms with van der Waals surface area (Å²) in [6, 6.07) is 101. The van der Waals surface area contributed by atoms with Gasteiger partial charge in [-0.15, -0.1) is 0 Å². The Balaban J connectivity index is 0.968. The van der Waals surface area contributed by atoms with Crippen LogP contribution in [-0.4, -0.2) is 6.71 Å². The highest BCUT2D eigenvalue weighted by atomic mass is 16.3. The molecule has 0 saturated carbocycles. The number of para-hydroxylation sites is 4. The number of benzene rings is 14. The van der Waals surface area contributed by atoms with Crippen molar-refractivity contribution in [2.45, 2.75) is 52.4 Å². The molecule has 0 spiro atoms. The average molecular weight is 1170 g/mol. The molecule has 0 atom stereocenters. The van der Waals surface area contributed by atoms with E-state index < -0.39 is 0 Å². The smallest absolute Gasteiger partial charge is 0.252 e. The van der Waals surface area contributed by atoms with Crippen molar-refractivity contribution in [2.75, 3.05) is 19.6 Å². The normalized spacial score (nSPS) is 13.1. The third kappa shape index (κ3) is 8.20. The van der Waals surface area contributed by atoms with E-state index in [-0.39, 0.29) is 17.5 Å². The monoisotopic (exact) mass is 1170 g/mol. The van der Waals surface area contributed by atoms with E-state index in [1.165, 1.54) is 59.8 Å². The minimum absolute atomic E-state index is 0.0516. The summed E-state index contributed by atoms with van der Waals surface area (Å²) >= 11 is 0. The second-order valence-corrected chi connectivity index (χ2v) is 26.9. The average Bonchev–Trinajstić information content (AvgIpc) is 1.48. The lowest BCUT2D eigenvalue weighted by Crippen LogP contribution is -2.61. The van der Waals surface area contributed by atoms with Crippen molar-refractivity contribution < 1.29 is 8.83 Å². The summed E-state index contributed by atoms with van der Waals surface area (Å²) in [4.78, 5) is 10.1. The predicted molar refractivity (Wildman–Crippen MR) is 385 cm³/mol. The summed E-state index contributed by atoms with van der Waals surface area (Å²) in [6.07, 6.45) is 0. The van der Waals surface area contributed by atoms with Gasteiger partial charge in [-0.3, -0.25) is 0 Å². The summed E-state index contributed by atoms with van der Waals surface area (Å²) < 4.78 is 13.5. The van der Waals surface area contributed by atoms with Crippen LogP contribution in [0.5, 0.6) is 0 Å². The standard InChI is InChI=1S/C84H63BN4O2/c1-83(2,3)55-32-36-59(37-33-55)88-71-49-62(87(61-41-46-76-67(48-61)64-24-13-15-26-74(64)90-76)70-45-31-54-29-28-52-18-17-19-53-30-42-65(70)79(54)78(52)53)40-43-68(71)85-69-44-47-77-80(66-25-14-16-27-75(66)91-77)82(69)89(60-38-34-56(35-39-60)84(4,5)6)73-51-63(50-72(88)81(73)85)86(57-20-9-7-10-21-57)58-22-11-8-12-23-58/h7-51H,1-6H3. The molecule has 2 aliphatic heterocycles. The maximum atomic E-state index is 6.90. The largest absolute Gasteiger partial charge is 0.456 e. The Morgan fingerprint density at radius 1 is 0.319 bits per heavy atom. The number of anilines is 12. The van der Waals surface area contributed by atoms with Crippen molar-refractivity contribution in [3.63, 3.8) is 0 Å². The van der Waals surface area contributed by atoms with Crippen molar-refractivity contribution >= 4 is 168 Å². The third-order valence-electron chi connectivity index (χ3n) is 19.4. The lowest BCUT2D eigenvalue weighted by atomic mass is 9.33. The molecule has 91 heavy (non-hydrogen) atoms. The Bertz CT molecular complexity index is 5530. The fourth-order valence-corrected chi connectivity index (χ4v) is 15.1. The van der Waals surface area contributed by atoms with Gasteiger partial charge in [0.05, 0.1) is 22.4 Å². The van der Waals surface area contributed by atoms with E-state index in [0.717, 1.165) is 112 Å². The second-order valence-electron chi connectivity index (χ2n) is 26.9. The molecule has 0 saturated heterocycles. The molecule has 0 N–H and O–H groups in total. The first-order chi connectivity index (χ1) is 44.4. The molecule has 18 rings (SSSR count). The minimum Gasteiger partial charge on any atom is -0.456 e. The number of hydrogen-bond donors (Lipinski definition) is 0.